The number of fused-ring (bicyclic) bond motifs is 1. The van der Waals surface area contributed by atoms with Crippen molar-refractivity contribution in [2.75, 3.05) is 0 Å². The third kappa shape index (κ3) is 2.13. The van der Waals surface area contributed by atoms with Crippen LogP contribution in [-0.4, -0.2) is 30.8 Å². The smallest absolute Gasteiger partial charge is 0.335 e. The molecule has 2 heterocycles. The van der Waals surface area contributed by atoms with E-state index < -0.39 is 5.97 Å². The minimum atomic E-state index is -0.953. The Balaban J connectivity index is 1.94. The molecule has 1 aromatic carbocycles. The Bertz CT molecular complexity index is 761. The van der Waals surface area contributed by atoms with Crippen LogP contribution in [0.2, 0.25) is 0 Å². The summed E-state index contributed by atoms with van der Waals surface area (Å²) in [7, 11) is 0. The van der Waals surface area contributed by atoms with Gasteiger partial charge in [0.2, 0.25) is 6.39 Å². The molecular weight excluding hydrogens is 260 g/mol. The lowest BCUT2D eigenvalue weighted by atomic mass is 10.2. The van der Waals surface area contributed by atoms with Crippen molar-refractivity contribution in [3.05, 3.63) is 41.8 Å². The van der Waals surface area contributed by atoms with Crippen molar-refractivity contribution in [1.29, 1.82) is 0 Å². The first-order valence-electron chi connectivity index (χ1n) is 6.10. The molecular formula is C13H12N4O3. The van der Waals surface area contributed by atoms with E-state index in [-0.39, 0.29) is 5.56 Å². The first kappa shape index (κ1) is 12.3. The van der Waals surface area contributed by atoms with E-state index in [0.29, 0.717) is 24.3 Å². The molecule has 3 rings (SSSR count). The largest absolute Gasteiger partial charge is 0.478 e. The summed E-state index contributed by atoms with van der Waals surface area (Å²) >= 11 is 0. The normalized spacial score (nSPS) is 11.1. The molecule has 0 fully saturated rings. The molecule has 102 valence electrons. The number of carboxylic acids is 1. The molecule has 7 heteroatoms. The van der Waals surface area contributed by atoms with Crippen LogP contribution in [0.15, 0.2) is 29.1 Å². The fourth-order valence-electron chi connectivity index (χ4n) is 2.18. The van der Waals surface area contributed by atoms with E-state index in [1.54, 1.807) is 18.2 Å². The highest BCUT2D eigenvalue weighted by molar-refractivity contribution is 5.92. The van der Waals surface area contributed by atoms with Crippen LogP contribution in [-0.2, 0) is 13.0 Å². The zero-order valence-corrected chi connectivity index (χ0v) is 10.8. The number of rotatable bonds is 4. The molecule has 0 spiro atoms. The zero-order chi connectivity index (χ0) is 14.1. The molecule has 2 aromatic heterocycles. The summed E-state index contributed by atoms with van der Waals surface area (Å²) in [4.78, 5) is 19.3. The summed E-state index contributed by atoms with van der Waals surface area (Å²) in [6.07, 6.45) is 1.93. The Kier molecular flexibility index (Phi) is 2.94. The maximum Gasteiger partial charge on any atom is 0.335 e. The molecule has 1 N–H and O–H groups in total. The van der Waals surface area contributed by atoms with E-state index in [4.69, 9.17) is 9.63 Å². The van der Waals surface area contributed by atoms with Gasteiger partial charge < -0.3 is 14.2 Å². The second-order valence-corrected chi connectivity index (χ2v) is 4.42. The summed E-state index contributed by atoms with van der Waals surface area (Å²) in [5, 5.41) is 12.8. The molecule has 0 saturated carbocycles. The van der Waals surface area contributed by atoms with E-state index in [1.165, 1.54) is 6.39 Å². The van der Waals surface area contributed by atoms with E-state index in [9.17, 15) is 4.79 Å². The summed E-state index contributed by atoms with van der Waals surface area (Å²) in [5.74, 6) is 0.505. The predicted octanol–water partition coefficient (Wildman–Crippen LogP) is 1.67. The molecule has 0 aliphatic carbocycles. The number of aromatic nitrogens is 4. The van der Waals surface area contributed by atoms with Crippen LogP contribution in [0.4, 0.5) is 0 Å². The monoisotopic (exact) mass is 272 g/mol. The number of hydrogen-bond donors (Lipinski definition) is 1. The summed E-state index contributed by atoms with van der Waals surface area (Å²) in [6.45, 7) is 2.55. The van der Waals surface area contributed by atoms with Crippen molar-refractivity contribution in [3.8, 4) is 0 Å². The van der Waals surface area contributed by atoms with Gasteiger partial charge in [0, 0.05) is 13.0 Å². The van der Waals surface area contributed by atoms with E-state index in [2.05, 4.69) is 15.1 Å². The third-order valence-electron chi connectivity index (χ3n) is 3.15. The van der Waals surface area contributed by atoms with Gasteiger partial charge in [0.1, 0.15) is 5.82 Å². The van der Waals surface area contributed by atoms with Crippen molar-refractivity contribution in [1.82, 2.24) is 19.7 Å². The lowest BCUT2D eigenvalue weighted by Gasteiger charge is -2.04. The van der Waals surface area contributed by atoms with Crippen molar-refractivity contribution < 1.29 is 14.4 Å². The maximum absolute atomic E-state index is 11.0. The molecule has 0 aliphatic heterocycles. The molecule has 0 unspecified atom stereocenters. The SMILES string of the molecule is Cc1nc2cc(C(=O)O)ccc2n1CCc1ncon1. The Morgan fingerprint density at radius 3 is 3.00 bits per heavy atom. The number of aryl methyl sites for hydroxylation is 3. The minimum Gasteiger partial charge on any atom is -0.478 e. The first-order valence-corrected chi connectivity index (χ1v) is 6.10. The average Bonchev–Trinajstić information content (AvgIpc) is 3.02. The van der Waals surface area contributed by atoms with Crippen LogP contribution < -0.4 is 0 Å². The topological polar surface area (TPSA) is 94.0 Å². The number of benzene rings is 1. The van der Waals surface area contributed by atoms with Gasteiger partial charge in [-0.15, -0.1) is 0 Å². The van der Waals surface area contributed by atoms with Gasteiger partial charge in [-0.3, -0.25) is 0 Å². The number of imidazole rings is 1. The number of carboxylic acid groups (broad SMARTS) is 1. The highest BCUT2D eigenvalue weighted by atomic mass is 16.5. The highest BCUT2D eigenvalue weighted by Crippen LogP contribution is 2.18. The molecule has 0 bridgehead atoms. The second-order valence-electron chi connectivity index (χ2n) is 4.42. The fraction of sp³-hybridized carbons (Fsp3) is 0.231. The molecule has 0 atom stereocenters. The van der Waals surface area contributed by atoms with Crippen molar-refractivity contribution in [3.63, 3.8) is 0 Å². The van der Waals surface area contributed by atoms with E-state index in [1.807, 2.05) is 11.5 Å². The summed E-state index contributed by atoms with van der Waals surface area (Å²) in [6, 6.07) is 4.93. The van der Waals surface area contributed by atoms with Crippen molar-refractivity contribution >= 4 is 17.0 Å². The quantitative estimate of drug-likeness (QED) is 0.776. The fourth-order valence-corrected chi connectivity index (χ4v) is 2.18. The Hall–Kier alpha value is -2.70. The van der Waals surface area contributed by atoms with Gasteiger partial charge in [-0.1, -0.05) is 5.16 Å². The molecule has 0 amide bonds. The van der Waals surface area contributed by atoms with Gasteiger partial charge in [-0.2, -0.15) is 4.98 Å². The predicted molar refractivity (Wildman–Crippen MR) is 69.4 cm³/mol. The molecule has 0 saturated heterocycles. The number of carbonyl (C=O) groups is 1. The molecule has 3 aromatic rings. The number of hydrogen-bond acceptors (Lipinski definition) is 5. The van der Waals surface area contributed by atoms with Crippen LogP contribution in [0.3, 0.4) is 0 Å². The highest BCUT2D eigenvalue weighted by Gasteiger charge is 2.11. The van der Waals surface area contributed by atoms with Crippen LogP contribution in [0.1, 0.15) is 22.0 Å². The Morgan fingerprint density at radius 1 is 1.45 bits per heavy atom. The molecule has 7 nitrogen and oxygen atoms in total. The number of aromatic carboxylic acids is 1. The van der Waals surface area contributed by atoms with E-state index >= 15 is 0 Å². The minimum absolute atomic E-state index is 0.236. The van der Waals surface area contributed by atoms with E-state index in [0.717, 1.165) is 11.3 Å². The maximum atomic E-state index is 11.0. The van der Waals surface area contributed by atoms with Gasteiger partial charge in [-0.05, 0) is 25.1 Å². The summed E-state index contributed by atoms with van der Waals surface area (Å²) in [5.41, 5.74) is 1.81. The van der Waals surface area contributed by atoms with Gasteiger partial charge >= 0.3 is 5.97 Å². The van der Waals surface area contributed by atoms with Gasteiger partial charge in [-0.25, -0.2) is 9.78 Å². The lowest BCUT2D eigenvalue weighted by molar-refractivity contribution is 0.0697. The van der Waals surface area contributed by atoms with Crippen LogP contribution in [0.25, 0.3) is 11.0 Å². The van der Waals surface area contributed by atoms with Crippen molar-refractivity contribution in [2.45, 2.75) is 19.9 Å². The lowest BCUT2D eigenvalue weighted by Crippen LogP contribution is -2.04. The Labute approximate surface area is 113 Å². The zero-order valence-electron chi connectivity index (χ0n) is 10.8. The third-order valence-corrected chi connectivity index (χ3v) is 3.15. The van der Waals surface area contributed by atoms with Crippen molar-refractivity contribution in [2.24, 2.45) is 0 Å². The molecule has 0 aliphatic rings. The first-order chi connectivity index (χ1) is 9.65. The second kappa shape index (κ2) is 4.76. The number of nitrogens with zero attached hydrogens (tertiary/aromatic N) is 4. The standard InChI is InChI=1S/C13H12N4O3/c1-8-15-10-6-9(13(18)19)2-3-11(10)17(8)5-4-12-14-7-20-16-12/h2-3,6-7H,4-5H2,1H3,(H,18,19). The van der Waals surface area contributed by atoms with Gasteiger partial charge in [0.05, 0.1) is 16.6 Å². The molecule has 20 heavy (non-hydrogen) atoms. The average molecular weight is 272 g/mol. The van der Waals surface area contributed by atoms with Crippen LogP contribution in [0, 0.1) is 6.92 Å². The molecule has 0 radical (unpaired) electrons. The van der Waals surface area contributed by atoms with Crippen LogP contribution >= 0.6 is 0 Å². The van der Waals surface area contributed by atoms with Gasteiger partial charge in [0.15, 0.2) is 5.82 Å². The van der Waals surface area contributed by atoms with Gasteiger partial charge in [0.25, 0.3) is 0 Å². The Morgan fingerprint density at radius 2 is 2.30 bits per heavy atom. The van der Waals surface area contributed by atoms with Crippen LogP contribution in [0.5, 0.6) is 0 Å². The summed E-state index contributed by atoms with van der Waals surface area (Å²) < 4.78 is 6.70.